The monoisotopic (exact) mass is 315 g/mol. The number of para-hydroxylation sites is 1. The molecule has 1 amide bonds. The molecule has 0 spiro atoms. The van der Waals surface area contributed by atoms with Crippen molar-refractivity contribution in [2.75, 3.05) is 18.6 Å². The number of carbonyl (C=O) groups is 1. The molecular formula is C18H21NO2S. The van der Waals surface area contributed by atoms with Gasteiger partial charge in [0.2, 0.25) is 5.91 Å². The van der Waals surface area contributed by atoms with Gasteiger partial charge in [-0.3, -0.25) is 4.79 Å². The Hall–Kier alpha value is -1.81. The molecule has 0 saturated heterocycles. The fourth-order valence-electron chi connectivity index (χ4n) is 3.05. The Kier molecular flexibility index (Phi) is 4.21. The summed E-state index contributed by atoms with van der Waals surface area (Å²) in [5.74, 6) is 1.40. The Bertz CT molecular complexity index is 692. The zero-order chi connectivity index (χ0) is 15.7. The minimum Gasteiger partial charge on any atom is -0.495 e. The number of hydrogen-bond acceptors (Lipinski definition) is 3. The summed E-state index contributed by atoms with van der Waals surface area (Å²) in [4.78, 5) is 17.1. The van der Waals surface area contributed by atoms with E-state index < -0.39 is 0 Å². The van der Waals surface area contributed by atoms with Crippen molar-refractivity contribution in [3.8, 4) is 5.75 Å². The highest BCUT2D eigenvalue weighted by molar-refractivity contribution is 7.12. The molecule has 0 bridgehead atoms. The molecule has 0 saturated carbocycles. The van der Waals surface area contributed by atoms with Crippen molar-refractivity contribution < 1.29 is 9.53 Å². The molecule has 2 aromatic rings. The summed E-state index contributed by atoms with van der Waals surface area (Å²) in [5.41, 5.74) is 2.17. The molecule has 3 rings (SSSR count). The smallest absolute Gasteiger partial charge is 0.232 e. The molecule has 1 aliphatic rings. The minimum atomic E-state index is 0.152. The van der Waals surface area contributed by atoms with E-state index in [-0.39, 0.29) is 5.91 Å². The van der Waals surface area contributed by atoms with Gasteiger partial charge in [0.25, 0.3) is 0 Å². The van der Waals surface area contributed by atoms with Gasteiger partial charge in [0.05, 0.1) is 19.2 Å². The van der Waals surface area contributed by atoms with Gasteiger partial charge in [-0.1, -0.05) is 19.1 Å². The van der Waals surface area contributed by atoms with E-state index in [4.69, 9.17) is 4.74 Å². The van der Waals surface area contributed by atoms with Crippen LogP contribution in [0.15, 0.2) is 30.3 Å². The van der Waals surface area contributed by atoms with Crippen LogP contribution >= 0.6 is 11.3 Å². The van der Waals surface area contributed by atoms with Crippen LogP contribution < -0.4 is 9.64 Å². The van der Waals surface area contributed by atoms with Gasteiger partial charge in [0.15, 0.2) is 0 Å². The highest BCUT2D eigenvalue weighted by Gasteiger charge is 2.29. The van der Waals surface area contributed by atoms with E-state index >= 15 is 0 Å². The Morgan fingerprint density at radius 3 is 2.86 bits per heavy atom. The number of ether oxygens (including phenoxy) is 1. The SMILES string of the molecule is COc1cccc2c1N(C(=O)Cc1ccc(C)s1)CC[C@H]2C. The van der Waals surface area contributed by atoms with Crippen molar-refractivity contribution >= 4 is 22.9 Å². The van der Waals surface area contributed by atoms with E-state index in [0.717, 1.165) is 29.3 Å². The Morgan fingerprint density at radius 2 is 2.18 bits per heavy atom. The number of methoxy groups -OCH3 is 1. The van der Waals surface area contributed by atoms with Crippen molar-refractivity contribution in [3.63, 3.8) is 0 Å². The molecule has 0 aliphatic carbocycles. The van der Waals surface area contributed by atoms with Crippen molar-refractivity contribution in [2.45, 2.75) is 32.6 Å². The number of nitrogens with zero attached hydrogens (tertiary/aromatic N) is 1. The quantitative estimate of drug-likeness (QED) is 0.851. The number of benzene rings is 1. The van der Waals surface area contributed by atoms with Crippen molar-refractivity contribution in [2.24, 2.45) is 0 Å². The first-order valence-corrected chi connectivity index (χ1v) is 8.44. The third-order valence-corrected chi connectivity index (χ3v) is 5.26. The van der Waals surface area contributed by atoms with Gasteiger partial charge >= 0.3 is 0 Å². The van der Waals surface area contributed by atoms with Gasteiger partial charge in [-0.15, -0.1) is 11.3 Å². The first-order chi connectivity index (χ1) is 10.6. The van der Waals surface area contributed by atoms with E-state index in [9.17, 15) is 4.79 Å². The highest BCUT2D eigenvalue weighted by Crippen LogP contribution is 2.41. The Labute approximate surface area is 135 Å². The molecule has 3 nitrogen and oxygen atoms in total. The predicted molar refractivity (Wildman–Crippen MR) is 91.1 cm³/mol. The van der Waals surface area contributed by atoms with Crippen molar-refractivity contribution in [3.05, 3.63) is 45.6 Å². The van der Waals surface area contributed by atoms with Crippen LogP contribution in [0.25, 0.3) is 0 Å². The summed E-state index contributed by atoms with van der Waals surface area (Å²) in [6, 6.07) is 10.2. The fraction of sp³-hybridized carbons (Fsp3) is 0.389. The van der Waals surface area contributed by atoms with Crippen LogP contribution in [0.4, 0.5) is 5.69 Å². The largest absolute Gasteiger partial charge is 0.495 e. The third-order valence-electron chi connectivity index (χ3n) is 4.26. The summed E-state index contributed by atoms with van der Waals surface area (Å²) in [6.07, 6.45) is 1.46. The number of hydrogen-bond donors (Lipinski definition) is 0. The molecule has 1 aromatic heterocycles. The lowest BCUT2D eigenvalue weighted by Gasteiger charge is -2.34. The van der Waals surface area contributed by atoms with Gasteiger partial charge < -0.3 is 9.64 Å². The molecule has 1 atom stereocenters. The number of anilines is 1. The zero-order valence-corrected chi connectivity index (χ0v) is 14.1. The van der Waals surface area contributed by atoms with Crippen LogP contribution in [-0.4, -0.2) is 19.6 Å². The number of rotatable bonds is 3. The molecule has 1 aromatic carbocycles. The molecule has 1 aliphatic heterocycles. The Morgan fingerprint density at radius 1 is 1.36 bits per heavy atom. The lowest BCUT2D eigenvalue weighted by atomic mass is 9.91. The molecule has 22 heavy (non-hydrogen) atoms. The van der Waals surface area contributed by atoms with Gasteiger partial charge in [-0.05, 0) is 43.0 Å². The van der Waals surface area contributed by atoms with Gasteiger partial charge in [-0.2, -0.15) is 0 Å². The summed E-state index contributed by atoms with van der Waals surface area (Å²) >= 11 is 1.69. The second kappa shape index (κ2) is 6.13. The molecule has 0 fully saturated rings. The Balaban J connectivity index is 1.92. The van der Waals surface area contributed by atoms with Gasteiger partial charge in [-0.25, -0.2) is 0 Å². The number of thiophene rings is 1. The van der Waals surface area contributed by atoms with E-state index in [1.807, 2.05) is 23.1 Å². The lowest BCUT2D eigenvalue weighted by molar-refractivity contribution is -0.118. The molecular weight excluding hydrogens is 294 g/mol. The molecule has 4 heteroatoms. The molecule has 0 radical (unpaired) electrons. The fourth-order valence-corrected chi connectivity index (χ4v) is 3.94. The average Bonchev–Trinajstić information content (AvgIpc) is 2.92. The summed E-state index contributed by atoms with van der Waals surface area (Å²) in [5, 5.41) is 0. The maximum Gasteiger partial charge on any atom is 0.232 e. The number of fused-ring (bicyclic) bond motifs is 1. The van der Waals surface area contributed by atoms with E-state index in [1.165, 1.54) is 10.4 Å². The highest BCUT2D eigenvalue weighted by atomic mass is 32.1. The normalized spacial score (nSPS) is 17.2. The molecule has 0 unspecified atom stereocenters. The summed E-state index contributed by atoms with van der Waals surface area (Å²) in [6.45, 7) is 5.04. The molecule has 116 valence electrons. The number of amides is 1. The maximum atomic E-state index is 12.8. The van der Waals surface area contributed by atoms with Crippen LogP contribution in [0.1, 0.15) is 34.6 Å². The zero-order valence-electron chi connectivity index (χ0n) is 13.3. The maximum absolute atomic E-state index is 12.8. The van der Waals surface area contributed by atoms with Gasteiger partial charge in [0.1, 0.15) is 5.75 Å². The van der Waals surface area contributed by atoms with E-state index in [0.29, 0.717) is 12.3 Å². The van der Waals surface area contributed by atoms with E-state index in [1.54, 1.807) is 18.4 Å². The second-order valence-electron chi connectivity index (χ2n) is 5.82. The van der Waals surface area contributed by atoms with Crippen LogP contribution in [-0.2, 0) is 11.2 Å². The molecule has 2 heterocycles. The lowest BCUT2D eigenvalue weighted by Crippen LogP contribution is -2.37. The van der Waals surface area contributed by atoms with Crippen LogP contribution in [0.3, 0.4) is 0 Å². The van der Waals surface area contributed by atoms with Crippen LogP contribution in [0, 0.1) is 6.92 Å². The van der Waals surface area contributed by atoms with Crippen LogP contribution in [0.2, 0.25) is 0 Å². The van der Waals surface area contributed by atoms with Gasteiger partial charge in [0, 0.05) is 16.3 Å². The third kappa shape index (κ3) is 2.75. The summed E-state index contributed by atoms with van der Waals surface area (Å²) in [7, 11) is 1.67. The first kappa shape index (κ1) is 15.1. The second-order valence-corrected chi connectivity index (χ2v) is 7.19. The number of carbonyl (C=O) groups excluding carboxylic acids is 1. The predicted octanol–water partition coefficient (Wildman–Crippen LogP) is 4.15. The minimum absolute atomic E-state index is 0.152. The standard InChI is InChI=1S/C18H21NO2S/c1-12-9-10-19(17(20)11-14-8-7-13(2)22-14)18-15(12)5-4-6-16(18)21-3/h4-8,12H,9-11H2,1-3H3/t12-/m1/s1. The topological polar surface area (TPSA) is 29.5 Å². The van der Waals surface area contributed by atoms with E-state index in [2.05, 4.69) is 26.0 Å². The number of aryl methyl sites for hydroxylation is 1. The molecule has 0 N–H and O–H groups in total. The van der Waals surface area contributed by atoms with Crippen molar-refractivity contribution in [1.29, 1.82) is 0 Å². The first-order valence-electron chi connectivity index (χ1n) is 7.62. The average molecular weight is 315 g/mol. The van der Waals surface area contributed by atoms with Crippen molar-refractivity contribution in [1.82, 2.24) is 0 Å². The van der Waals surface area contributed by atoms with Crippen LogP contribution in [0.5, 0.6) is 5.75 Å². The summed E-state index contributed by atoms with van der Waals surface area (Å²) < 4.78 is 5.50.